The zero-order valence-corrected chi connectivity index (χ0v) is 10.4. The van der Waals surface area contributed by atoms with Crippen LogP contribution < -0.4 is 0 Å². The van der Waals surface area contributed by atoms with Gasteiger partial charge in [0.1, 0.15) is 0 Å². The van der Waals surface area contributed by atoms with Crippen LogP contribution in [0, 0.1) is 10.1 Å². The number of benzene rings is 2. The van der Waals surface area contributed by atoms with Gasteiger partial charge in [-0.25, -0.2) is 0 Å². The molecule has 0 atom stereocenters. The van der Waals surface area contributed by atoms with Crippen molar-refractivity contribution in [1.29, 1.82) is 0 Å². The average Bonchev–Trinajstić information content (AvgIpc) is 2.45. The summed E-state index contributed by atoms with van der Waals surface area (Å²) in [6.45, 7) is 0. The molecule has 0 aromatic heterocycles. The third-order valence-corrected chi connectivity index (χ3v) is 2.90. The number of carbonyl (C=O) groups is 1. The number of hydrogen-bond donors (Lipinski definition) is 0. The molecule has 21 heavy (non-hydrogen) atoms. The van der Waals surface area contributed by atoms with E-state index in [-0.39, 0.29) is 11.3 Å². The smallest absolute Gasteiger partial charge is 0.298 e. The number of rotatable bonds is 3. The van der Waals surface area contributed by atoms with Crippen molar-refractivity contribution >= 4 is 12.0 Å². The van der Waals surface area contributed by atoms with Crippen LogP contribution in [0.3, 0.4) is 0 Å². The van der Waals surface area contributed by atoms with Crippen LogP contribution in [-0.4, -0.2) is 11.2 Å². The van der Waals surface area contributed by atoms with E-state index in [0.29, 0.717) is 17.4 Å². The van der Waals surface area contributed by atoms with Crippen LogP contribution in [0.4, 0.5) is 18.9 Å². The molecular formula is C14H8F3NO3. The molecule has 2 rings (SSSR count). The molecule has 0 spiro atoms. The number of carbonyl (C=O) groups excluding carboxylic acids is 1. The molecule has 2 aromatic rings. The van der Waals surface area contributed by atoms with E-state index >= 15 is 0 Å². The van der Waals surface area contributed by atoms with E-state index in [1.54, 1.807) is 0 Å². The van der Waals surface area contributed by atoms with Gasteiger partial charge in [-0.05, 0) is 35.4 Å². The van der Waals surface area contributed by atoms with Gasteiger partial charge in [-0.1, -0.05) is 12.1 Å². The Morgan fingerprint density at radius 2 is 1.57 bits per heavy atom. The SMILES string of the molecule is O=Cc1cc(-c2ccc(C(F)(F)F)cc2)ccc1[N+](=O)[O-]. The zero-order valence-electron chi connectivity index (χ0n) is 10.4. The maximum atomic E-state index is 12.5. The van der Waals surface area contributed by atoms with E-state index in [0.717, 1.165) is 18.2 Å². The Balaban J connectivity index is 2.43. The summed E-state index contributed by atoms with van der Waals surface area (Å²) in [5.74, 6) is 0. The van der Waals surface area contributed by atoms with Crippen molar-refractivity contribution in [3.8, 4) is 11.1 Å². The van der Waals surface area contributed by atoms with Crippen LogP contribution in [0.25, 0.3) is 11.1 Å². The molecule has 4 nitrogen and oxygen atoms in total. The fourth-order valence-electron chi connectivity index (χ4n) is 1.85. The highest BCUT2D eigenvalue weighted by Gasteiger charge is 2.30. The third-order valence-electron chi connectivity index (χ3n) is 2.90. The number of hydrogen-bond acceptors (Lipinski definition) is 3. The van der Waals surface area contributed by atoms with Gasteiger partial charge in [-0.15, -0.1) is 0 Å². The molecule has 0 aliphatic rings. The Morgan fingerprint density at radius 3 is 2.05 bits per heavy atom. The highest BCUT2D eigenvalue weighted by Crippen LogP contribution is 2.31. The van der Waals surface area contributed by atoms with Crippen LogP contribution >= 0.6 is 0 Å². The fourth-order valence-corrected chi connectivity index (χ4v) is 1.85. The topological polar surface area (TPSA) is 60.2 Å². The summed E-state index contributed by atoms with van der Waals surface area (Å²) in [7, 11) is 0. The number of nitro groups is 1. The quantitative estimate of drug-likeness (QED) is 0.486. The summed E-state index contributed by atoms with van der Waals surface area (Å²) in [6, 6.07) is 8.13. The minimum atomic E-state index is -4.43. The highest BCUT2D eigenvalue weighted by atomic mass is 19.4. The summed E-state index contributed by atoms with van der Waals surface area (Å²) in [5.41, 5.74) is -0.403. The molecular weight excluding hydrogens is 287 g/mol. The number of aldehydes is 1. The molecule has 0 N–H and O–H groups in total. The summed E-state index contributed by atoms with van der Waals surface area (Å²) in [5, 5.41) is 10.7. The molecule has 0 aliphatic carbocycles. The van der Waals surface area contributed by atoms with Gasteiger partial charge < -0.3 is 0 Å². The molecule has 0 saturated heterocycles. The Kier molecular flexibility index (Phi) is 3.75. The van der Waals surface area contributed by atoms with E-state index in [1.165, 1.54) is 24.3 Å². The maximum Gasteiger partial charge on any atom is 0.416 e. The zero-order chi connectivity index (χ0) is 15.6. The molecule has 0 aliphatic heterocycles. The average molecular weight is 295 g/mol. The van der Waals surface area contributed by atoms with E-state index in [1.807, 2.05) is 0 Å². The molecule has 108 valence electrons. The van der Waals surface area contributed by atoms with Gasteiger partial charge >= 0.3 is 6.18 Å². The number of nitro benzene ring substituents is 1. The minimum Gasteiger partial charge on any atom is -0.298 e. The monoisotopic (exact) mass is 295 g/mol. The van der Waals surface area contributed by atoms with Crippen molar-refractivity contribution in [2.75, 3.05) is 0 Å². The first-order chi connectivity index (χ1) is 9.82. The van der Waals surface area contributed by atoms with E-state index in [4.69, 9.17) is 0 Å². The molecule has 2 aromatic carbocycles. The predicted molar refractivity (Wildman–Crippen MR) is 68.9 cm³/mol. The van der Waals surface area contributed by atoms with E-state index < -0.39 is 16.7 Å². The fraction of sp³-hybridized carbons (Fsp3) is 0.0714. The van der Waals surface area contributed by atoms with Gasteiger partial charge in [0.25, 0.3) is 5.69 Å². The molecule has 0 radical (unpaired) electrons. The lowest BCUT2D eigenvalue weighted by atomic mass is 10.0. The molecule has 0 unspecified atom stereocenters. The first-order valence-electron chi connectivity index (χ1n) is 5.74. The summed E-state index contributed by atoms with van der Waals surface area (Å²) in [4.78, 5) is 20.9. The minimum absolute atomic E-state index is 0.127. The highest BCUT2D eigenvalue weighted by molar-refractivity contribution is 5.84. The van der Waals surface area contributed by atoms with Gasteiger partial charge in [-0.3, -0.25) is 14.9 Å². The van der Waals surface area contributed by atoms with Crippen LogP contribution in [0.2, 0.25) is 0 Å². The van der Waals surface area contributed by atoms with Crippen LogP contribution in [0.1, 0.15) is 15.9 Å². The van der Waals surface area contributed by atoms with Gasteiger partial charge in [0.05, 0.1) is 16.1 Å². The van der Waals surface area contributed by atoms with Crippen molar-refractivity contribution < 1.29 is 22.9 Å². The lowest BCUT2D eigenvalue weighted by Gasteiger charge is -2.08. The molecule has 7 heteroatoms. The predicted octanol–water partition coefficient (Wildman–Crippen LogP) is 4.09. The second-order valence-corrected chi connectivity index (χ2v) is 4.22. The Labute approximate surface area is 117 Å². The van der Waals surface area contributed by atoms with Crippen LogP contribution in [0.5, 0.6) is 0 Å². The first-order valence-corrected chi connectivity index (χ1v) is 5.74. The normalized spacial score (nSPS) is 11.2. The summed E-state index contributed by atoms with van der Waals surface area (Å²) >= 11 is 0. The van der Waals surface area contributed by atoms with E-state index in [9.17, 15) is 28.1 Å². The summed E-state index contributed by atoms with van der Waals surface area (Å²) in [6.07, 6.45) is -4.09. The van der Waals surface area contributed by atoms with Crippen molar-refractivity contribution in [3.05, 3.63) is 63.7 Å². The molecule has 0 fully saturated rings. The second-order valence-electron chi connectivity index (χ2n) is 4.22. The first kappa shape index (κ1) is 14.7. The Bertz CT molecular complexity index is 694. The van der Waals surface area contributed by atoms with Gasteiger partial charge in [0.2, 0.25) is 0 Å². The van der Waals surface area contributed by atoms with Crippen molar-refractivity contribution in [2.45, 2.75) is 6.18 Å². The number of halogens is 3. The molecule has 0 saturated carbocycles. The number of alkyl halides is 3. The standard InChI is InChI=1S/C14H8F3NO3/c15-14(16,17)12-4-1-9(2-5-12)10-3-6-13(18(20)21)11(7-10)8-19/h1-8H. The maximum absolute atomic E-state index is 12.5. The van der Waals surface area contributed by atoms with Gasteiger partial charge in [0, 0.05) is 6.07 Å². The molecule has 0 bridgehead atoms. The lowest BCUT2D eigenvalue weighted by molar-refractivity contribution is -0.385. The summed E-state index contributed by atoms with van der Waals surface area (Å²) < 4.78 is 37.4. The lowest BCUT2D eigenvalue weighted by Crippen LogP contribution is -2.04. The number of nitrogens with zero attached hydrogens (tertiary/aromatic N) is 1. The Hall–Kier alpha value is -2.70. The largest absolute Gasteiger partial charge is 0.416 e. The van der Waals surface area contributed by atoms with E-state index in [2.05, 4.69) is 0 Å². The Morgan fingerprint density at radius 1 is 1.00 bits per heavy atom. The van der Waals surface area contributed by atoms with Crippen LogP contribution in [0.15, 0.2) is 42.5 Å². The van der Waals surface area contributed by atoms with Crippen molar-refractivity contribution in [1.82, 2.24) is 0 Å². The van der Waals surface area contributed by atoms with Crippen LogP contribution in [-0.2, 0) is 6.18 Å². The second kappa shape index (κ2) is 5.35. The van der Waals surface area contributed by atoms with Crippen molar-refractivity contribution in [2.24, 2.45) is 0 Å². The third kappa shape index (κ3) is 3.07. The molecule has 0 amide bonds. The van der Waals surface area contributed by atoms with Gasteiger partial charge in [-0.2, -0.15) is 13.2 Å². The van der Waals surface area contributed by atoms with Gasteiger partial charge in [0.15, 0.2) is 6.29 Å². The molecule has 0 heterocycles. The van der Waals surface area contributed by atoms with Crippen molar-refractivity contribution in [3.63, 3.8) is 0 Å².